The zero-order valence-corrected chi connectivity index (χ0v) is 39.4. The molecule has 4 fully saturated rings. The normalized spacial score (nSPS) is 27.9. The summed E-state index contributed by atoms with van der Waals surface area (Å²) in [4.78, 5) is 2.70. The van der Waals surface area contributed by atoms with Crippen molar-refractivity contribution < 1.29 is 0 Å². The van der Waals surface area contributed by atoms with Crippen molar-refractivity contribution in [2.45, 2.75) is 166 Å². The van der Waals surface area contributed by atoms with E-state index in [9.17, 15) is 0 Å². The predicted molar refractivity (Wildman–Crippen MR) is 259 cm³/mol. The molecule has 0 amide bonds. The van der Waals surface area contributed by atoms with Crippen LogP contribution in [0, 0.1) is 23.7 Å². The van der Waals surface area contributed by atoms with Crippen LogP contribution in [0.5, 0.6) is 0 Å². The SMILES string of the molecule is CC(C)(C)c1ccc(-c2cc3c(cc2N(c2ccc4c(c2)C(C)(C)CCC4(C)C)c2ccc4c(c2)C(C)(C)CCC4(C)C)-c2ccccc2C32C3CC4CC(C3)CC2C4)cc1. The number of benzene rings is 5. The van der Waals surface area contributed by atoms with Crippen LogP contribution in [0.25, 0.3) is 22.3 Å². The van der Waals surface area contributed by atoms with Crippen molar-refractivity contribution in [3.8, 4) is 22.3 Å². The Morgan fingerprint density at radius 2 is 0.934 bits per heavy atom. The van der Waals surface area contributed by atoms with Crippen LogP contribution in [0.4, 0.5) is 17.1 Å². The van der Waals surface area contributed by atoms with Gasteiger partial charge in [0.05, 0.1) is 5.69 Å². The molecule has 0 aliphatic heterocycles. The van der Waals surface area contributed by atoms with E-state index >= 15 is 0 Å². The van der Waals surface area contributed by atoms with Crippen molar-refractivity contribution in [1.29, 1.82) is 0 Å². The third-order valence-electron chi connectivity index (χ3n) is 18.2. The quantitative estimate of drug-likeness (QED) is 0.175. The largest absolute Gasteiger partial charge is 0.310 e. The summed E-state index contributed by atoms with van der Waals surface area (Å²) >= 11 is 0. The molecule has 7 aliphatic rings. The van der Waals surface area contributed by atoms with Crippen LogP contribution in [0.15, 0.2) is 97.1 Å². The van der Waals surface area contributed by atoms with Crippen LogP contribution in [0.3, 0.4) is 0 Å². The smallest absolute Gasteiger partial charge is 0.0546 e. The zero-order valence-electron chi connectivity index (χ0n) is 39.4. The maximum Gasteiger partial charge on any atom is 0.0546 e. The van der Waals surface area contributed by atoms with E-state index in [1.54, 1.807) is 11.1 Å². The Balaban J connectivity index is 1.22. The first kappa shape index (κ1) is 39.7. The van der Waals surface area contributed by atoms with Gasteiger partial charge in [-0.05, 0) is 201 Å². The Hall–Kier alpha value is -4.10. The van der Waals surface area contributed by atoms with Gasteiger partial charge in [0.1, 0.15) is 0 Å². The molecule has 0 radical (unpaired) electrons. The van der Waals surface area contributed by atoms with Crippen molar-refractivity contribution in [3.63, 3.8) is 0 Å². The molecule has 1 heteroatoms. The summed E-state index contributed by atoms with van der Waals surface area (Å²) in [5.41, 5.74) is 20.9. The number of anilines is 3. The minimum atomic E-state index is 0.0881. The molecule has 12 rings (SSSR count). The molecule has 316 valence electrons. The molecule has 4 saturated carbocycles. The van der Waals surface area contributed by atoms with Crippen LogP contribution in [-0.2, 0) is 32.5 Å². The van der Waals surface area contributed by atoms with Crippen molar-refractivity contribution in [2.75, 3.05) is 4.90 Å². The number of hydrogen-bond donors (Lipinski definition) is 0. The Labute approximate surface area is 368 Å². The van der Waals surface area contributed by atoms with Crippen molar-refractivity contribution in [3.05, 3.63) is 136 Å². The fourth-order valence-electron chi connectivity index (χ4n) is 14.6. The van der Waals surface area contributed by atoms with Gasteiger partial charge in [-0.3, -0.25) is 0 Å². The second-order valence-electron chi connectivity index (χ2n) is 24.8. The lowest BCUT2D eigenvalue weighted by molar-refractivity contribution is -0.0399. The van der Waals surface area contributed by atoms with Crippen molar-refractivity contribution >= 4 is 17.1 Å². The van der Waals surface area contributed by atoms with Gasteiger partial charge in [-0.1, -0.05) is 137 Å². The van der Waals surface area contributed by atoms with E-state index in [0.717, 1.165) is 23.7 Å². The average molecular weight is 806 g/mol. The van der Waals surface area contributed by atoms with Crippen LogP contribution in [0.2, 0.25) is 0 Å². The van der Waals surface area contributed by atoms with E-state index in [-0.39, 0.29) is 32.5 Å². The lowest BCUT2D eigenvalue weighted by Crippen LogP contribution is -2.55. The third-order valence-corrected chi connectivity index (χ3v) is 18.2. The Morgan fingerprint density at radius 3 is 1.44 bits per heavy atom. The molecule has 1 spiro atoms. The van der Waals surface area contributed by atoms with Crippen molar-refractivity contribution in [1.82, 2.24) is 0 Å². The molecule has 0 atom stereocenters. The summed E-state index contributed by atoms with van der Waals surface area (Å²) in [6.45, 7) is 26.8. The average Bonchev–Trinajstić information content (AvgIpc) is 3.49. The summed E-state index contributed by atoms with van der Waals surface area (Å²) < 4.78 is 0. The van der Waals surface area contributed by atoms with Gasteiger partial charge in [0, 0.05) is 22.4 Å². The highest BCUT2D eigenvalue weighted by Crippen LogP contribution is 2.70. The van der Waals surface area contributed by atoms with E-state index < -0.39 is 0 Å². The lowest BCUT2D eigenvalue weighted by Gasteiger charge is -2.61. The number of fused-ring (bicyclic) bond motifs is 5. The van der Waals surface area contributed by atoms with E-state index in [1.807, 2.05) is 0 Å². The van der Waals surface area contributed by atoms with Gasteiger partial charge in [0.15, 0.2) is 0 Å². The molecule has 0 saturated heterocycles. The fraction of sp³-hybridized carbons (Fsp3) is 0.500. The molecule has 1 nitrogen and oxygen atoms in total. The minimum absolute atomic E-state index is 0.0881. The van der Waals surface area contributed by atoms with Crippen LogP contribution < -0.4 is 4.90 Å². The fourth-order valence-corrected chi connectivity index (χ4v) is 14.6. The topological polar surface area (TPSA) is 3.24 Å². The van der Waals surface area contributed by atoms with E-state index in [4.69, 9.17) is 0 Å². The molecular formula is C60H71N. The second-order valence-corrected chi connectivity index (χ2v) is 24.8. The predicted octanol–water partition coefficient (Wildman–Crippen LogP) is 16.5. The first-order valence-electron chi connectivity index (χ1n) is 24.3. The summed E-state index contributed by atoms with van der Waals surface area (Å²) in [5, 5.41) is 0. The maximum atomic E-state index is 2.75. The summed E-state index contributed by atoms with van der Waals surface area (Å²) in [5.74, 6) is 3.28. The highest BCUT2D eigenvalue weighted by molar-refractivity contribution is 5.95. The van der Waals surface area contributed by atoms with Gasteiger partial charge in [0.25, 0.3) is 0 Å². The van der Waals surface area contributed by atoms with Crippen molar-refractivity contribution in [2.24, 2.45) is 23.7 Å². The van der Waals surface area contributed by atoms with Gasteiger partial charge in [-0.15, -0.1) is 0 Å². The molecule has 4 bridgehead atoms. The highest BCUT2D eigenvalue weighted by Gasteiger charge is 2.61. The van der Waals surface area contributed by atoms with Gasteiger partial charge in [-0.2, -0.15) is 0 Å². The number of nitrogens with zero attached hydrogens (tertiary/aromatic N) is 1. The Bertz CT molecular complexity index is 2480. The highest BCUT2D eigenvalue weighted by atomic mass is 15.1. The Kier molecular flexibility index (Phi) is 8.46. The second kappa shape index (κ2) is 13.0. The molecule has 0 N–H and O–H groups in total. The summed E-state index contributed by atoms with van der Waals surface area (Å²) in [6.07, 6.45) is 11.9. The van der Waals surface area contributed by atoms with E-state index in [1.165, 1.54) is 125 Å². The van der Waals surface area contributed by atoms with E-state index in [2.05, 4.69) is 178 Å². The van der Waals surface area contributed by atoms with Gasteiger partial charge in [-0.25, -0.2) is 0 Å². The van der Waals surface area contributed by atoms with Gasteiger partial charge < -0.3 is 4.90 Å². The third kappa shape index (κ3) is 5.83. The van der Waals surface area contributed by atoms with Crippen LogP contribution >= 0.6 is 0 Å². The first-order chi connectivity index (χ1) is 28.8. The standard InChI is InChI=1S/C60H71N/c1-55(2,3)40-18-16-39(17-19-40)46-35-51-47(45-14-12-13-15-48(45)60(51)41-29-37-28-38(31-41)32-42(60)30-37)36-54(46)61(43-20-22-49-52(33-43)58(8,9)26-24-56(49,4)5)44-21-23-50-53(34-44)59(10,11)27-25-57(50,6)7/h12-23,33-38,41-42H,24-32H2,1-11H3. The molecule has 0 aromatic heterocycles. The molecule has 5 aromatic carbocycles. The molecule has 0 unspecified atom stereocenters. The first-order valence-corrected chi connectivity index (χ1v) is 24.3. The number of hydrogen-bond acceptors (Lipinski definition) is 1. The molecular weight excluding hydrogens is 735 g/mol. The molecule has 0 heterocycles. The molecule has 5 aromatic rings. The van der Waals surface area contributed by atoms with Gasteiger partial charge in [0.2, 0.25) is 0 Å². The lowest BCUT2D eigenvalue weighted by atomic mass is 9.43. The van der Waals surface area contributed by atoms with E-state index in [0.29, 0.717) is 0 Å². The van der Waals surface area contributed by atoms with Crippen LogP contribution in [-0.4, -0.2) is 0 Å². The molecule has 61 heavy (non-hydrogen) atoms. The summed E-state index contributed by atoms with van der Waals surface area (Å²) in [6, 6.07) is 40.0. The Morgan fingerprint density at radius 1 is 0.443 bits per heavy atom. The number of rotatable bonds is 4. The zero-order chi connectivity index (χ0) is 42.6. The monoisotopic (exact) mass is 806 g/mol. The van der Waals surface area contributed by atoms with Crippen LogP contribution in [0.1, 0.15) is 173 Å². The maximum absolute atomic E-state index is 2.75. The summed E-state index contributed by atoms with van der Waals surface area (Å²) in [7, 11) is 0. The minimum Gasteiger partial charge on any atom is -0.310 e. The van der Waals surface area contributed by atoms with Gasteiger partial charge >= 0.3 is 0 Å². The molecule has 7 aliphatic carbocycles.